The zero-order valence-electron chi connectivity index (χ0n) is 14.4. The highest BCUT2D eigenvalue weighted by molar-refractivity contribution is 8.15. The van der Waals surface area contributed by atoms with Gasteiger partial charge in [-0.3, -0.25) is 4.79 Å². The fourth-order valence-corrected chi connectivity index (χ4v) is 3.51. The Morgan fingerprint density at radius 1 is 1.30 bits per heavy atom. The van der Waals surface area contributed by atoms with E-state index in [1.807, 2.05) is 37.3 Å². The zero-order valence-corrected chi connectivity index (χ0v) is 16.1. The van der Waals surface area contributed by atoms with E-state index in [0.717, 1.165) is 29.9 Å². The summed E-state index contributed by atoms with van der Waals surface area (Å²) in [5.41, 5.74) is 2.00. The fourth-order valence-electron chi connectivity index (χ4n) is 2.17. The molecule has 0 aromatic heterocycles. The highest BCUT2D eigenvalue weighted by Gasteiger charge is 2.14. The second-order valence-corrected chi connectivity index (χ2v) is 7.28. The molecule has 0 aliphatic rings. The van der Waals surface area contributed by atoms with Gasteiger partial charge >= 0.3 is 0 Å². The Balaban J connectivity index is 2.49. The molecular formula is C19H28O2S2. The Bertz CT molecular complexity index is 495. The highest BCUT2D eigenvalue weighted by Crippen LogP contribution is 2.23. The number of carbonyl (C=O) groups is 1. The van der Waals surface area contributed by atoms with Crippen molar-refractivity contribution in [3.8, 4) is 5.75 Å². The number of hydrogen-bond acceptors (Lipinski definition) is 4. The largest absolute Gasteiger partial charge is 0.497 e. The molecule has 0 saturated carbocycles. The lowest BCUT2D eigenvalue weighted by Crippen LogP contribution is -2.09. The molecule has 0 spiro atoms. The molecule has 0 bridgehead atoms. The maximum Gasteiger partial charge on any atom is 0.215 e. The molecule has 0 radical (unpaired) electrons. The number of rotatable bonds is 10. The maximum absolute atomic E-state index is 12.3. The molecule has 4 heteroatoms. The Labute approximate surface area is 150 Å². The summed E-state index contributed by atoms with van der Waals surface area (Å²) in [6.07, 6.45) is 7.46. The van der Waals surface area contributed by atoms with Crippen molar-refractivity contribution in [1.29, 1.82) is 0 Å². The van der Waals surface area contributed by atoms with Gasteiger partial charge in [0, 0.05) is 11.0 Å². The SMILES string of the molecule is CCCCCC(CS)SC(=O)/C(C)=C/Cc1ccc(OC)cc1. The number of hydrogen-bond donors (Lipinski definition) is 1. The number of ether oxygens (including phenoxy) is 1. The minimum atomic E-state index is 0.175. The van der Waals surface area contributed by atoms with Gasteiger partial charge in [0.25, 0.3) is 0 Å². The monoisotopic (exact) mass is 352 g/mol. The molecule has 0 saturated heterocycles. The quantitative estimate of drug-likeness (QED) is 0.350. The number of allylic oxidation sites excluding steroid dienone is 1. The van der Waals surface area contributed by atoms with Crippen LogP contribution in [-0.2, 0) is 11.2 Å². The first kappa shape index (κ1) is 20.2. The van der Waals surface area contributed by atoms with E-state index in [1.165, 1.54) is 36.6 Å². The van der Waals surface area contributed by atoms with Crippen LogP contribution in [0, 0.1) is 0 Å². The highest BCUT2D eigenvalue weighted by atomic mass is 32.2. The molecule has 0 fully saturated rings. The van der Waals surface area contributed by atoms with Crippen molar-refractivity contribution >= 4 is 29.5 Å². The fraction of sp³-hybridized carbons (Fsp3) is 0.526. The Hall–Kier alpha value is -0.870. The summed E-state index contributed by atoms with van der Waals surface area (Å²) in [6.45, 7) is 4.10. The Morgan fingerprint density at radius 2 is 2.00 bits per heavy atom. The smallest absolute Gasteiger partial charge is 0.215 e. The van der Waals surface area contributed by atoms with Crippen molar-refractivity contribution < 1.29 is 9.53 Å². The van der Waals surface area contributed by atoms with Crippen LogP contribution in [0.15, 0.2) is 35.9 Å². The van der Waals surface area contributed by atoms with E-state index in [2.05, 4.69) is 19.6 Å². The minimum absolute atomic E-state index is 0.175. The van der Waals surface area contributed by atoms with Crippen molar-refractivity contribution in [2.24, 2.45) is 0 Å². The van der Waals surface area contributed by atoms with Crippen LogP contribution in [0.25, 0.3) is 0 Å². The van der Waals surface area contributed by atoms with Gasteiger partial charge in [0.05, 0.1) is 7.11 Å². The molecule has 0 aliphatic heterocycles. The number of thioether (sulfide) groups is 1. The van der Waals surface area contributed by atoms with Crippen LogP contribution in [0.5, 0.6) is 5.75 Å². The lowest BCUT2D eigenvalue weighted by Gasteiger charge is -2.12. The predicted molar refractivity (Wildman–Crippen MR) is 105 cm³/mol. The van der Waals surface area contributed by atoms with Gasteiger partial charge in [-0.2, -0.15) is 12.6 Å². The third-order valence-corrected chi connectivity index (χ3v) is 5.69. The maximum atomic E-state index is 12.3. The van der Waals surface area contributed by atoms with Gasteiger partial charge in [0.15, 0.2) is 0 Å². The summed E-state index contributed by atoms with van der Waals surface area (Å²) in [4.78, 5) is 12.3. The first-order valence-electron chi connectivity index (χ1n) is 8.22. The molecular weight excluding hydrogens is 324 g/mol. The van der Waals surface area contributed by atoms with Gasteiger partial charge in [-0.1, -0.05) is 56.2 Å². The van der Waals surface area contributed by atoms with Crippen LogP contribution in [0.1, 0.15) is 45.1 Å². The van der Waals surface area contributed by atoms with Crippen LogP contribution in [-0.4, -0.2) is 23.2 Å². The second kappa shape index (κ2) is 11.6. The molecule has 128 valence electrons. The van der Waals surface area contributed by atoms with Crippen molar-refractivity contribution in [3.05, 3.63) is 41.5 Å². The number of benzene rings is 1. The first-order valence-corrected chi connectivity index (χ1v) is 9.73. The van der Waals surface area contributed by atoms with E-state index in [0.29, 0.717) is 5.25 Å². The van der Waals surface area contributed by atoms with Crippen molar-refractivity contribution in [2.45, 2.75) is 51.2 Å². The van der Waals surface area contributed by atoms with Crippen LogP contribution in [0.2, 0.25) is 0 Å². The van der Waals surface area contributed by atoms with E-state index >= 15 is 0 Å². The molecule has 0 amide bonds. The van der Waals surface area contributed by atoms with Crippen molar-refractivity contribution in [3.63, 3.8) is 0 Å². The molecule has 1 atom stereocenters. The van der Waals surface area contributed by atoms with Crippen molar-refractivity contribution in [1.82, 2.24) is 0 Å². The summed E-state index contributed by atoms with van der Waals surface area (Å²) in [7, 11) is 1.66. The number of methoxy groups -OCH3 is 1. The van der Waals surface area contributed by atoms with Crippen LogP contribution < -0.4 is 4.74 Å². The minimum Gasteiger partial charge on any atom is -0.497 e. The molecule has 0 N–H and O–H groups in total. The predicted octanol–water partition coefficient (Wildman–Crippen LogP) is 5.32. The van der Waals surface area contributed by atoms with Crippen LogP contribution in [0.4, 0.5) is 0 Å². The third kappa shape index (κ3) is 7.98. The summed E-state index contributed by atoms with van der Waals surface area (Å²) >= 11 is 5.83. The van der Waals surface area contributed by atoms with Crippen LogP contribution in [0.3, 0.4) is 0 Å². The van der Waals surface area contributed by atoms with Gasteiger partial charge in [0.1, 0.15) is 5.75 Å². The summed E-state index contributed by atoms with van der Waals surface area (Å²) in [5.74, 6) is 1.61. The Morgan fingerprint density at radius 3 is 2.57 bits per heavy atom. The number of unbranched alkanes of at least 4 members (excludes halogenated alkanes) is 2. The third-order valence-electron chi connectivity index (χ3n) is 3.73. The lowest BCUT2D eigenvalue weighted by molar-refractivity contribution is -0.107. The first-order chi connectivity index (χ1) is 11.1. The average Bonchev–Trinajstić information content (AvgIpc) is 2.59. The van der Waals surface area contributed by atoms with Gasteiger partial charge < -0.3 is 4.74 Å². The molecule has 0 heterocycles. The molecule has 1 aromatic rings. The molecule has 1 unspecified atom stereocenters. The number of thiol groups is 1. The summed E-state index contributed by atoms with van der Waals surface area (Å²) in [6, 6.07) is 7.95. The van der Waals surface area contributed by atoms with Gasteiger partial charge in [0.2, 0.25) is 5.12 Å². The number of carbonyl (C=O) groups excluding carboxylic acids is 1. The summed E-state index contributed by atoms with van der Waals surface area (Å²) < 4.78 is 5.15. The summed E-state index contributed by atoms with van der Waals surface area (Å²) in [5, 5.41) is 0.496. The molecule has 1 aromatic carbocycles. The van der Waals surface area contributed by atoms with Gasteiger partial charge in [-0.25, -0.2) is 0 Å². The van der Waals surface area contributed by atoms with Crippen molar-refractivity contribution in [2.75, 3.05) is 12.9 Å². The molecule has 2 nitrogen and oxygen atoms in total. The standard InChI is InChI=1S/C19H28O2S2/c1-4-5-6-7-18(14-22)23-19(20)15(2)8-9-16-10-12-17(21-3)13-11-16/h8,10-13,18,22H,4-7,9,14H2,1-3H3/b15-8+. The Kier molecular flexibility index (Phi) is 10.2. The van der Waals surface area contributed by atoms with Crippen LogP contribution >= 0.6 is 24.4 Å². The normalized spacial score (nSPS) is 13.0. The molecule has 0 aliphatic carbocycles. The van der Waals surface area contributed by atoms with E-state index in [1.54, 1.807) is 7.11 Å². The molecule has 1 rings (SSSR count). The molecule has 23 heavy (non-hydrogen) atoms. The second-order valence-electron chi connectivity index (χ2n) is 5.65. The lowest BCUT2D eigenvalue weighted by atomic mass is 10.1. The van der Waals surface area contributed by atoms with E-state index in [9.17, 15) is 4.79 Å². The van der Waals surface area contributed by atoms with Gasteiger partial charge in [-0.05, 0) is 43.0 Å². The van der Waals surface area contributed by atoms with E-state index in [4.69, 9.17) is 4.74 Å². The van der Waals surface area contributed by atoms with Gasteiger partial charge in [-0.15, -0.1) is 0 Å². The zero-order chi connectivity index (χ0) is 17.1. The topological polar surface area (TPSA) is 26.3 Å². The average molecular weight is 353 g/mol. The van der Waals surface area contributed by atoms with E-state index in [-0.39, 0.29) is 5.12 Å². The van der Waals surface area contributed by atoms with E-state index < -0.39 is 0 Å².